The first-order valence-electron chi connectivity index (χ1n) is 12.7. The summed E-state index contributed by atoms with van der Waals surface area (Å²) in [6.45, 7) is 1.50. The molecule has 0 saturated heterocycles. The Morgan fingerprint density at radius 2 is 1.68 bits per heavy atom. The topological polar surface area (TPSA) is 60.3 Å². The molecule has 0 fully saturated rings. The molecule has 5 rings (SSSR count). The highest BCUT2D eigenvalue weighted by Crippen LogP contribution is 2.37. The lowest BCUT2D eigenvalue weighted by Gasteiger charge is -2.24. The second-order valence-electron chi connectivity index (χ2n) is 9.54. The van der Waals surface area contributed by atoms with Gasteiger partial charge in [-0.3, -0.25) is 14.8 Å². The zero-order valence-corrected chi connectivity index (χ0v) is 21.9. The fraction of sp³-hybridized carbons (Fsp3) is 0.156. The molecule has 0 spiro atoms. The Labute approximate surface area is 224 Å². The molecular weight excluding hydrogens is 470 g/mol. The molecule has 0 bridgehead atoms. The van der Waals surface area contributed by atoms with Crippen LogP contribution in [0.3, 0.4) is 0 Å². The zero-order valence-electron chi connectivity index (χ0n) is 21.9. The molecule has 0 saturated carbocycles. The monoisotopic (exact) mass is 501 g/mol. The normalized spacial score (nSPS) is 15.0. The molecule has 0 aromatic heterocycles. The van der Waals surface area contributed by atoms with Crippen LogP contribution in [0, 0.1) is 0 Å². The van der Waals surface area contributed by atoms with Crippen molar-refractivity contribution in [2.45, 2.75) is 19.4 Å². The number of anilines is 3. The van der Waals surface area contributed by atoms with Crippen LogP contribution in [0.2, 0.25) is 0 Å². The summed E-state index contributed by atoms with van der Waals surface area (Å²) in [4.78, 5) is 18.0. The summed E-state index contributed by atoms with van der Waals surface area (Å²) in [6, 6.07) is 35.0. The molecule has 1 unspecified atom stereocenters. The fourth-order valence-electron chi connectivity index (χ4n) is 4.53. The van der Waals surface area contributed by atoms with E-state index in [0.29, 0.717) is 0 Å². The lowest BCUT2D eigenvalue weighted by molar-refractivity contribution is -0.114. The Hall–Kier alpha value is -4.71. The highest BCUT2D eigenvalue weighted by molar-refractivity contribution is 6.04. The predicted molar refractivity (Wildman–Crippen MR) is 158 cm³/mol. The van der Waals surface area contributed by atoms with Gasteiger partial charge in [-0.25, -0.2) is 0 Å². The van der Waals surface area contributed by atoms with Crippen molar-refractivity contribution in [1.82, 2.24) is 0 Å². The summed E-state index contributed by atoms with van der Waals surface area (Å²) in [6.07, 6.45) is 2.63. The van der Waals surface area contributed by atoms with E-state index in [2.05, 4.69) is 77.9 Å². The number of hydrogen-bond donors (Lipinski definition) is 1. The first kappa shape index (κ1) is 25.0. The van der Waals surface area contributed by atoms with Crippen LogP contribution in [0.25, 0.3) is 0 Å². The fourth-order valence-corrected chi connectivity index (χ4v) is 4.53. The van der Waals surface area contributed by atoms with Crippen LogP contribution in [-0.2, 0) is 4.79 Å². The average Bonchev–Trinajstić information content (AvgIpc) is 3.39. The molecule has 6 heteroatoms. The highest BCUT2D eigenvalue weighted by Gasteiger charge is 2.30. The predicted octanol–water partition coefficient (Wildman–Crippen LogP) is 6.82. The van der Waals surface area contributed by atoms with Crippen molar-refractivity contribution < 1.29 is 4.79 Å². The quantitative estimate of drug-likeness (QED) is 0.283. The molecule has 1 amide bonds. The van der Waals surface area contributed by atoms with E-state index in [9.17, 15) is 4.79 Å². The summed E-state index contributed by atoms with van der Waals surface area (Å²) in [7, 11) is 4.11. The summed E-state index contributed by atoms with van der Waals surface area (Å²) in [5.74, 6) is -0.0864. The van der Waals surface area contributed by atoms with Crippen LogP contribution >= 0.6 is 0 Å². The number of carbonyl (C=O) groups is 1. The maximum atomic E-state index is 11.2. The minimum Gasteiger partial charge on any atom is -0.378 e. The van der Waals surface area contributed by atoms with E-state index in [4.69, 9.17) is 10.1 Å². The average molecular weight is 502 g/mol. The number of hydrazone groups is 1. The Balaban J connectivity index is 1.39. The molecular formula is C32H31N5O. The van der Waals surface area contributed by atoms with Crippen molar-refractivity contribution in [3.05, 3.63) is 120 Å². The van der Waals surface area contributed by atoms with Crippen molar-refractivity contribution in [2.24, 2.45) is 10.1 Å². The molecule has 4 aromatic rings. The van der Waals surface area contributed by atoms with Gasteiger partial charge in [0.25, 0.3) is 0 Å². The number of nitrogens with zero attached hydrogens (tertiary/aromatic N) is 4. The van der Waals surface area contributed by atoms with Gasteiger partial charge < -0.3 is 10.2 Å². The smallest absolute Gasteiger partial charge is 0.221 e. The zero-order chi connectivity index (χ0) is 26.5. The minimum atomic E-state index is -0.0864. The summed E-state index contributed by atoms with van der Waals surface area (Å²) in [5, 5.41) is 10.0. The van der Waals surface area contributed by atoms with E-state index < -0.39 is 0 Å². The van der Waals surface area contributed by atoms with Crippen LogP contribution in [0.15, 0.2) is 113 Å². The molecule has 190 valence electrons. The molecule has 6 nitrogen and oxygen atoms in total. The molecule has 1 N–H and O–H groups in total. The highest BCUT2D eigenvalue weighted by atomic mass is 16.1. The Morgan fingerprint density at radius 1 is 0.947 bits per heavy atom. The number of benzene rings is 4. The lowest BCUT2D eigenvalue weighted by atomic mass is 9.97. The Morgan fingerprint density at radius 3 is 2.37 bits per heavy atom. The van der Waals surface area contributed by atoms with E-state index >= 15 is 0 Å². The van der Waals surface area contributed by atoms with Crippen molar-refractivity contribution in [1.29, 1.82) is 0 Å². The molecule has 38 heavy (non-hydrogen) atoms. The minimum absolute atomic E-state index is 0.0864. The van der Waals surface area contributed by atoms with Gasteiger partial charge in [0.05, 0.1) is 23.1 Å². The van der Waals surface area contributed by atoms with E-state index in [1.807, 2.05) is 60.8 Å². The van der Waals surface area contributed by atoms with Crippen LogP contribution in [0.1, 0.15) is 36.1 Å². The van der Waals surface area contributed by atoms with Gasteiger partial charge in [-0.1, -0.05) is 54.6 Å². The number of rotatable bonds is 7. The van der Waals surface area contributed by atoms with Crippen LogP contribution in [0.5, 0.6) is 0 Å². The first-order valence-corrected chi connectivity index (χ1v) is 12.7. The van der Waals surface area contributed by atoms with E-state index in [0.717, 1.165) is 40.3 Å². The third-order valence-corrected chi connectivity index (χ3v) is 6.50. The third kappa shape index (κ3) is 5.81. The van der Waals surface area contributed by atoms with Gasteiger partial charge in [0.15, 0.2) is 0 Å². The molecule has 1 aliphatic rings. The summed E-state index contributed by atoms with van der Waals surface area (Å²) in [5.41, 5.74) is 8.16. The van der Waals surface area contributed by atoms with Crippen molar-refractivity contribution in [2.75, 3.05) is 29.3 Å². The molecule has 0 aliphatic carbocycles. The number of amides is 1. The molecule has 1 heterocycles. The third-order valence-electron chi connectivity index (χ3n) is 6.50. The van der Waals surface area contributed by atoms with Gasteiger partial charge in [0.1, 0.15) is 0 Å². The van der Waals surface area contributed by atoms with Crippen molar-refractivity contribution >= 4 is 40.6 Å². The molecule has 1 aliphatic heterocycles. The van der Waals surface area contributed by atoms with Gasteiger partial charge in [0, 0.05) is 45.0 Å². The lowest BCUT2D eigenvalue weighted by Crippen LogP contribution is -2.18. The van der Waals surface area contributed by atoms with Crippen LogP contribution in [0.4, 0.5) is 22.7 Å². The van der Waals surface area contributed by atoms with E-state index in [-0.39, 0.29) is 11.9 Å². The molecule has 1 atom stereocenters. The van der Waals surface area contributed by atoms with Gasteiger partial charge in [-0.05, 0) is 65.2 Å². The Bertz CT molecular complexity index is 1460. The van der Waals surface area contributed by atoms with Crippen LogP contribution < -0.4 is 15.2 Å². The number of nitrogens with one attached hydrogen (secondary N) is 1. The van der Waals surface area contributed by atoms with E-state index in [1.165, 1.54) is 18.2 Å². The van der Waals surface area contributed by atoms with Gasteiger partial charge >= 0.3 is 0 Å². The molecule has 4 aromatic carbocycles. The summed E-state index contributed by atoms with van der Waals surface area (Å²) < 4.78 is 0. The first-order chi connectivity index (χ1) is 18.5. The Kier molecular flexibility index (Phi) is 7.31. The number of para-hydroxylation sites is 1. The standard InChI is InChI=1S/C32H31N5O/c1-23(38)34-27-16-12-24(13-17-27)22-33-28-9-7-8-26(20-28)31-21-32(25-14-18-29(19-15-25)36(2)3)37(35-31)30-10-5-4-6-11-30/h4-20,22,32H,21H2,1-3H3,(H,34,38). The second kappa shape index (κ2) is 11.1. The SMILES string of the molecule is CC(=O)Nc1ccc(C=Nc2cccc(C3=NN(c4ccccc4)C(c4ccc(N(C)C)cc4)C3)c2)cc1. The number of aliphatic imine (C=N–C) groups is 1. The van der Waals surface area contributed by atoms with E-state index in [1.54, 1.807) is 0 Å². The summed E-state index contributed by atoms with van der Waals surface area (Å²) >= 11 is 0. The van der Waals surface area contributed by atoms with Gasteiger partial charge in [-0.2, -0.15) is 5.10 Å². The molecule has 0 radical (unpaired) electrons. The maximum Gasteiger partial charge on any atom is 0.221 e. The second-order valence-corrected chi connectivity index (χ2v) is 9.54. The van der Waals surface area contributed by atoms with Crippen molar-refractivity contribution in [3.8, 4) is 0 Å². The van der Waals surface area contributed by atoms with Gasteiger partial charge in [0.2, 0.25) is 5.91 Å². The number of hydrogen-bond acceptors (Lipinski definition) is 5. The maximum absolute atomic E-state index is 11.2. The van der Waals surface area contributed by atoms with Crippen LogP contribution in [-0.4, -0.2) is 31.9 Å². The van der Waals surface area contributed by atoms with Crippen molar-refractivity contribution in [3.63, 3.8) is 0 Å². The number of carbonyl (C=O) groups excluding carboxylic acids is 1. The largest absolute Gasteiger partial charge is 0.378 e. The van der Waals surface area contributed by atoms with Gasteiger partial charge in [-0.15, -0.1) is 0 Å².